The van der Waals surface area contributed by atoms with E-state index in [1.54, 1.807) is 13.0 Å². The van der Waals surface area contributed by atoms with Gasteiger partial charge >= 0.3 is 0 Å². The highest BCUT2D eigenvalue weighted by atomic mass is 16.3. The van der Waals surface area contributed by atoms with Gasteiger partial charge in [-0.2, -0.15) is 0 Å². The minimum atomic E-state index is -0.669. The Morgan fingerprint density at radius 3 is 3.00 bits per heavy atom. The van der Waals surface area contributed by atoms with Crippen molar-refractivity contribution < 1.29 is 9.90 Å². The zero-order valence-corrected chi connectivity index (χ0v) is 12.0. The van der Waals surface area contributed by atoms with Crippen LogP contribution < -0.4 is 11.1 Å². The van der Waals surface area contributed by atoms with E-state index in [1.807, 2.05) is 16.7 Å². The molecule has 3 rings (SSSR count). The molecule has 112 valence electrons. The Balaban J connectivity index is 1.81. The van der Waals surface area contributed by atoms with Crippen LogP contribution in [0.15, 0.2) is 18.2 Å². The van der Waals surface area contributed by atoms with E-state index < -0.39 is 6.10 Å². The fourth-order valence-electron chi connectivity index (χ4n) is 2.50. The number of nitrogens with one attached hydrogen (secondary N) is 1. The number of hydrogen-bond acceptors (Lipinski definition) is 4. The molecule has 1 unspecified atom stereocenters. The van der Waals surface area contributed by atoms with Crippen LogP contribution in [0, 0.1) is 5.92 Å². The Labute approximate surface area is 123 Å². The first-order valence-corrected chi connectivity index (χ1v) is 7.27. The topological polar surface area (TPSA) is 93.2 Å². The summed E-state index contributed by atoms with van der Waals surface area (Å²) >= 11 is 0. The molecule has 6 nitrogen and oxygen atoms in total. The zero-order chi connectivity index (χ0) is 15.0. The number of anilines is 1. The Morgan fingerprint density at radius 1 is 1.57 bits per heavy atom. The Hall–Kier alpha value is -2.08. The molecular weight excluding hydrogens is 268 g/mol. The molecule has 0 spiro atoms. The Kier molecular flexibility index (Phi) is 3.55. The van der Waals surface area contributed by atoms with Gasteiger partial charge in [-0.1, -0.05) is 0 Å². The first-order chi connectivity index (χ1) is 10.1. The quantitative estimate of drug-likeness (QED) is 0.721. The standard InChI is InChI=1S/C15H20N4O2/c1-9(20)14-18-12-8-11(16)4-5-13(12)19(14)7-6-17-15(21)10-2-3-10/h4-5,8-10,20H,2-3,6-7,16H2,1H3,(H,17,21). The summed E-state index contributed by atoms with van der Waals surface area (Å²) in [6.07, 6.45) is 1.33. The number of fused-ring (bicyclic) bond motifs is 1. The predicted octanol–water partition coefficient (Wildman–Crippen LogP) is 1.20. The molecule has 1 aromatic heterocycles. The van der Waals surface area contributed by atoms with Crippen molar-refractivity contribution in [2.24, 2.45) is 5.92 Å². The lowest BCUT2D eigenvalue weighted by molar-refractivity contribution is -0.122. The van der Waals surface area contributed by atoms with Gasteiger partial charge in [0.15, 0.2) is 0 Å². The number of rotatable bonds is 5. The van der Waals surface area contributed by atoms with Crippen LogP contribution in [-0.4, -0.2) is 27.1 Å². The summed E-state index contributed by atoms with van der Waals surface area (Å²) < 4.78 is 1.94. The van der Waals surface area contributed by atoms with E-state index in [4.69, 9.17) is 5.73 Å². The van der Waals surface area contributed by atoms with Crippen molar-refractivity contribution in [3.63, 3.8) is 0 Å². The number of nitrogens with two attached hydrogens (primary N) is 1. The number of amides is 1. The SMILES string of the molecule is CC(O)c1nc2cc(N)ccc2n1CCNC(=O)C1CC1. The highest BCUT2D eigenvalue weighted by molar-refractivity contribution is 5.81. The number of aliphatic hydroxyl groups is 1. The molecule has 1 aliphatic rings. The summed E-state index contributed by atoms with van der Waals surface area (Å²) in [5.41, 5.74) is 8.10. The second-order valence-corrected chi connectivity index (χ2v) is 5.61. The van der Waals surface area contributed by atoms with Crippen molar-refractivity contribution in [3.05, 3.63) is 24.0 Å². The predicted molar refractivity (Wildman–Crippen MR) is 80.5 cm³/mol. The van der Waals surface area contributed by atoms with E-state index >= 15 is 0 Å². The van der Waals surface area contributed by atoms with E-state index in [-0.39, 0.29) is 11.8 Å². The third-order valence-electron chi connectivity index (χ3n) is 3.76. The number of benzene rings is 1. The van der Waals surface area contributed by atoms with Crippen molar-refractivity contribution in [2.45, 2.75) is 32.4 Å². The smallest absolute Gasteiger partial charge is 0.223 e. The molecule has 0 saturated heterocycles. The fraction of sp³-hybridized carbons (Fsp3) is 0.467. The number of carbonyl (C=O) groups excluding carboxylic acids is 1. The maximum absolute atomic E-state index is 11.7. The summed E-state index contributed by atoms with van der Waals surface area (Å²) in [7, 11) is 0. The van der Waals surface area contributed by atoms with Gasteiger partial charge in [-0.05, 0) is 38.0 Å². The molecule has 1 aliphatic carbocycles. The van der Waals surface area contributed by atoms with Crippen molar-refractivity contribution in [2.75, 3.05) is 12.3 Å². The number of nitrogens with zero attached hydrogens (tertiary/aromatic N) is 2. The lowest BCUT2D eigenvalue weighted by Gasteiger charge is -2.11. The summed E-state index contributed by atoms with van der Waals surface area (Å²) in [6.45, 7) is 2.80. The Bertz CT molecular complexity index is 674. The van der Waals surface area contributed by atoms with Crippen molar-refractivity contribution >= 4 is 22.6 Å². The largest absolute Gasteiger partial charge is 0.399 e. The molecule has 4 N–H and O–H groups in total. The molecule has 1 aromatic carbocycles. The van der Waals surface area contributed by atoms with Crippen LogP contribution >= 0.6 is 0 Å². The summed E-state index contributed by atoms with van der Waals surface area (Å²) in [5, 5.41) is 12.8. The second kappa shape index (κ2) is 5.37. The number of aliphatic hydroxyl groups excluding tert-OH is 1. The van der Waals surface area contributed by atoms with Crippen molar-refractivity contribution in [1.82, 2.24) is 14.9 Å². The molecule has 6 heteroatoms. The third-order valence-corrected chi connectivity index (χ3v) is 3.76. The molecule has 1 atom stereocenters. The monoisotopic (exact) mass is 288 g/mol. The van der Waals surface area contributed by atoms with Crippen LogP contribution in [0.5, 0.6) is 0 Å². The zero-order valence-electron chi connectivity index (χ0n) is 12.0. The van der Waals surface area contributed by atoms with Crippen LogP contribution in [0.1, 0.15) is 31.7 Å². The van der Waals surface area contributed by atoms with Crippen LogP contribution in [0.4, 0.5) is 5.69 Å². The average molecular weight is 288 g/mol. The number of imidazole rings is 1. The number of nitrogen functional groups attached to an aromatic ring is 1. The molecular formula is C15H20N4O2. The lowest BCUT2D eigenvalue weighted by atomic mass is 10.3. The minimum Gasteiger partial charge on any atom is -0.399 e. The Morgan fingerprint density at radius 2 is 2.33 bits per heavy atom. The number of hydrogen-bond donors (Lipinski definition) is 3. The van der Waals surface area contributed by atoms with Crippen LogP contribution in [-0.2, 0) is 11.3 Å². The van der Waals surface area contributed by atoms with Gasteiger partial charge in [0.1, 0.15) is 11.9 Å². The van der Waals surface area contributed by atoms with Gasteiger partial charge in [0.25, 0.3) is 0 Å². The minimum absolute atomic E-state index is 0.127. The first kappa shape index (κ1) is 13.9. The molecule has 1 heterocycles. The molecule has 0 bridgehead atoms. The lowest BCUT2D eigenvalue weighted by Crippen LogP contribution is -2.28. The molecule has 0 aliphatic heterocycles. The number of aromatic nitrogens is 2. The van der Waals surface area contributed by atoms with Crippen LogP contribution in [0.3, 0.4) is 0 Å². The van der Waals surface area contributed by atoms with Gasteiger partial charge < -0.3 is 20.7 Å². The van der Waals surface area contributed by atoms with Gasteiger partial charge in [0.2, 0.25) is 5.91 Å². The van der Waals surface area contributed by atoms with Gasteiger partial charge in [-0.3, -0.25) is 4.79 Å². The van der Waals surface area contributed by atoms with E-state index in [2.05, 4.69) is 10.3 Å². The summed E-state index contributed by atoms with van der Waals surface area (Å²) in [5.74, 6) is 0.930. The van der Waals surface area contributed by atoms with E-state index in [9.17, 15) is 9.90 Å². The van der Waals surface area contributed by atoms with Gasteiger partial charge in [0.05, 0.1) is 11.0 Å². The summed E-state index contributed by atoms with van der Waals surface area (Å²) in [4.78, 5) is 16.1. The molecule has 2 aromatic rings. The summed E-state index contributed by atoms with van der Waals surface area (Å²) in [6, 6.07) is 5.50. The average Bonchev–Trinajstić information content (AvgIpc) is 3.22. The van der Waals surface area contributed by atoms with E-state index in [0.29, 0.717) is 24.6 Å². The van der Waals surface area contributed by atoms with Crippen molar-refractivity contribution in [1.29, 1.82) is 0 Å². The van der Waals surface area contributed by atoms with Crippen molar-refractivity contribution in [3.8, 4) is 0 Å². The highest BCUT2D eigenvalue weighted by Gasteiger charge is 2.29. The molecule has 1 amide bonds. The molecule has 21 heavy (non-hydrogen) atoms. The maximum Gasteiger partial charge on any atom is 0.223 e. The van der Waals surface area contributed by atoms with E-state index in [0.717, 1.165) is 23.9 Å². The van der Waals surface area contributed by atoms with Gasteiger partial charge in [-0.25, -0.2) is 4.98 Å². The maximum atomic E-state index is 11.7. The first-order valence-electron chi connectivity index (χ1n) is 7.27. The van der Waals surface area contributed by atoms with E-state index in [1.165, 1.54) is 0 Å². The second-order valence-electron chi connectivity index (χ2n) is 5.61. The van der Waals surface area contributed by atoms with Crippen LogP contribution in [0.25, 0.3) is 11.0 Å². The third kappa shape index (κ3) is 2.85. The normalized spacial score (nSPS) is 16.1. The molecule has 1 saturated carbocycles. The molecule has 1 fully saturated rings. The number of carbonyl (C=O) groups is 1. The van der Waals surface area contributed by atoms with Crippen LogP contribution in [0.2, 0.25) is 0 Å². The highest BCUT2D eigenvalue weighted by Crippen LogP contribution is 2.28. The molecule has 0 radical (unpaired) electrons. The van der Waals surface area contributed by atoms with Gasteiger partial charge in [0, 0.05) is 24.7 Å². The fourth-order valence-corrected chi connectivity index (χ4v) is 2.50. The van der Waals surface area contributed by atoms with Gasteiger partial charge in [-0.15, -0.1) is 0 Å².